The molecular formula is C15H15ClN2O3S. The van der Waals surface area contributed by atoms with Gasteiger partial charge in [-0.2, -0.15) is 0 Å². The fourth-order valence-corrected chi connectivity index (χ4v) is 4.08. The number of nitrogens with one attached hydrogen (secondary N) is 2. The van der Waals surface area contributed by atoms with E-state index in [1.165, 1.54) is 17.8 Å². The first-order valence-electron chi connectivity index (χ1n) is 7.27. The van der Waals surface area contributed by atoms with Crippen LogP contribution in [-0.2, 0) is 0 Å². The molecule has 7 heteroatoms. The van der Waals surface area contributed by atoms with E-state index in [4.69, 9.17) is 20.8 Å². The van der Waals surface area contributed by atoms with E-state index >= 15 is 0 Å². The van der Waals surface area contributed by atoms with Crippen molar-refractivity contribution in [3.63, 3.8) is 0 Å². The first-order valence-corrected chi connectivity index (χ1v) is 8.47. The molecule has 1 amide bonds. The largest absolute Gasteiger partial charge is 0.415 e. The van der Waals surface area contributed by atoms with Gasteiger partial charge in [-0.15, -0.1) is 0 Å². The van der Waals surface area contributed by atoms with Crippen molar-refractivity contribution in [2.24, 2.45) is 0 Å². The minimum absolute atomic E-state index is 0.0447. The van der Waals surface area contributed by atoms with E-state index in [1.54, 1.807) is 24.3 Å². The van der Waals surface area contributed by atoms with Crippen LogP contribution in [0, 0.1) is 0 Å². The van der Waals surface area contributed by atoms with Gasteiger partial charge in [-0.25, -0.2) is 0 Å². The Kier molecular flexibility index (Phi) is 3.60. The highest BCUT2D eigenvalue weighted by Crippen LogP contribution is 2.32. The lowest BCUT2D eigenvalue weighted by atomic mass is 9.95. The van der Waals surface area contributed by atoms with E-state index in [0.717, 1.165) is 12.8 Å². The Morgan fingerprint density at radius 2 is 2.27 bits per heavy atom. The molecule has 0 aliphatic carbocycles. The lowest BCUT2D eigenvalue weighted by Crippen LogP contribution is -2.42. The van der Waals surface area contributed by atoms with Crippen molar-refractivity contribution < 1.29 is 13.9 Å². The summed E-state index contributed by atoms with van der Waals surface area (Å²) in [7, 11) is 0. The van der Waals surface area contributed by atoms with E-state index < -0.39 is 0 Å². The topological polar surface area (TPSA) is 63.5 Å². The van der Waals surface area contributed by atoms with E-state index in [-0.39, 0.29) is 17.2 Å². The predicted molar refractivity (Wildman–Crippen MR) is 83.9 cm³/mol. The summed E-state index contributed by atoms with van der Waals surface area (Å²) >= 11 is 6.99. The summed E-state index contributed by atoms with van der Waals surface area (Å²) in [5, 5.41) is 7.50. The SMILES string of the molecule is O=C(N[C@@H]1C[C@H]2CC[C@@H]1N2)c1ccc(Oc2ccc(Cl)o2)s1. The lowest BCUT2D eigenvalue weighted by Gasteiger charge is -2.20. The molecule has 2 bridgehead atoms. The molecule has 0 spiro atoms. The summed E-state index contributed by atoms with van der Waals surface area (Å²) in [6.07, 6.45) is 3.39. The Balaban J connectivity index is 1.39. The van der Waals surface area contributed by atoms with Gasteiger partial charge in [0.1, 0.15) is 0 Å². The molecule has 2 aliphatic rings. The Morgan fingerprint density at radius 3 is 2.95 bits per heavy atom. The molecule has 0 aromatic carbocycles. The fraction of sp³-hybridized carbons (Fsp3) is 0.400. The van der Waals surface area contributed by atoms with Gasteiger partial charge in [0.2, 0.25) is 0 Å². The van der Waals surface area contributed by atoms with Crippen LogP contribution in [0.3, 0.4) is 0 Å². The Bertz CT molecular complexity index is 699. The van der Waals surface area contributed by atoms with Crippen LogP contribution in [-0.4, -0.2) is 24.0 Å². The molecule has 2 fully saturated rings. The summed E-state index contributed by atoms with van der Waals surface area (Å²) in [6, 6.07) is 8.01. The van der Waals surface area contributed by atoms with Crippen LogP contribution in [0.1, 0.15) is 28.9 Å². The third-order valence-electron chi connectivity index (χ3n) is 4.17. The molecule has 2 N–H and O–H groups in total. The third kappa shape index (κ3) is 2.74. The first-order chi connectivity index (χ1) is 10.7. The van der Waals surface area contributed by atoms with E-state index in [0.29, 0.717) is 28.0 Å². The van der Waals surface area contributed by atoms with Gasteiger partial charge in [-0.3, -0.25) is 4.79 Å². The highest BCUT2D eigenvalue weighted by molar-refractivity contribution is 7.15. The van der Waals surface area contributed by atoms with E-state index in [9.17, 15) is 4.79 Å². The van der Waals surface area contributed by atoms with Crippen LogP contribution in [0.5, 0.6) is 11.0 Å². The highest BCUT2D eigenvalue weighted by atomic mass is 35.5. The maximum Gasteiger partial charge on any atom is 0.292 e. The van der Waals surface area contributed by atoms with E-state index in [2.05, 4.69) is 10.6 Å². The number of ether oxygens (including phenoxy) is 1. The minimum atomic E-state index is -0.0447. The number of thiophene rings is 1. The lowest BCUT2D eigenvalue weighted by molar-refractivity contribution is 0.0935. The fourth-order valence-electron chi connectivity index (χ4n) is 3.17. The standard InChI is InChI=1S/C15H15ClN2O3S/c16-12-4-5-13(20-12)21-14-6-3-11(22-14)15(19)18-10-7-8-1-2-9(10)17-8/h3-6,8-10,17H,1-2,7H2,(H,18,19)/t8-,9+,10-/m1/s1. The Morgan fingerprint density at radius 1 is 1.36 bits per heavy atom. The molecule has 2 aromatic heterocycles. The number of hydrogen-bond acceptors (Lipinski definition) is 5. The Hall–Kier alpha value is -1.50. The summed E-state index contributed by atoms with van der Waals surface area (Å²) < 4.78 is 10.7. The van der Waals surface area contributed by atoms with Gasteiger partial charge < -0.3 is 19.8 Å². The number of hydrogen-bond donors (Lipinski definition) is 2. The summed E-state index contributed by atoms with van der Waals surface area (Å²) in [6.45, 7) is 0. The molecule has 3 atom stereocenters. The van der Waals surface area contributed by atoms with Gasteiger partial charge in [-0.05, 0) is 43.0 Å². The zero-order valence-electron chi connectivity index (χ0n) is 11.7. The van der Waals surface area contributed by atoms with Crippen molar-refractivity contribution in [3.8, 4) is 11.0 Å². The van der Waals surface area contributed by atoms with Crippen molar-refractivity contribution in [2.45, 2.75) is 37.4 Å². The van der Waals surface area contributed by atoms with Gasteiger partial charge in [-0.1, -0.05) is 11.3 Å². The van der Waals surface area contributed by atoms with Crippen molar-refractivity contribution in [3.05, 3.63) is 34.4 Å². The molecule has 0 radical (unpaired) electrons. The molecule has 4 rings (SSSR count). The molecular weight excluding hydrogens is 324 g/mol. The maximum atomic E-state index is 12.3. The van der Waals surface area contributed by atoms with Crippen molar-refractivity contribution in [1.29, 1.82) is 0 Å². The van der Waals surface area contributed by atoms with Gasteiger partial charge in [0, 0.05) is 30.3 Å². The number of carbonyl (C=O) groups excluding carboxylic acids is 1. The van der Waals surface area contributed by atoms with Gasteiger partial charge in [0.15, 0.2) is 10.3 Å². The summed E-state index contributed by atoms with van der Waals surface area (Å²) in [4.78, 5) is 13.0. The van der Waals surface area contributed by atoms with E-state index in [1.807, 2.05) is 0 Å². The molecule has 116 valence electrons. The number of amides is 1. The monoisotopic (exact) mass is 338 g/mol. The predicted octanol–water partition coefficient (Wildman–Crippen LogP) is 3.41. The minimum Gasteiger partial charge on any atom is -0.415 e. The molecule has 22 heavy (non-hydrogen) atoms. The zero-order chi connectivity index (χ0) is 15.1. The Labute approximate surface area is 136 Å². The van der Waals surface area contributed by atoms with Crippen LogP contribution in [0.15, 0.2) is 28.7 Å². The molecule has 2 aromatic rings. The van der Waals surface area contributed by atoms with Crippen LogP contribution < -0.4 is 15.4 Å². The number of carbonyl (C=O) groups is 1. The molecule has 2 saturated heterocycles. The van der Waals surface area contributed by atoms with Gasteiger partial charge in [0.25, 0.3) is 11.9 Å². The first kappa shape index (κ1) is 14.1. The summed E-state index contributed by atoms with van der Waals surface area (Å²) in [5.74, 6) is 0.271. The molecule has 0 unspecified atom stereocenters. The van der Waals surface area contributed by atoms with Crippen LogP contribution in [0.2, 0.25) is 5.22 Å². The molecule has 0 saturated carbocycles. The molecule has 5 nitrogen and oxygen atoms in total. The quantitative estimate of drug-likeness (QED) is 0.896. The second-order valence-corrected chi connectivity index (χ2v) is 7.06. The average Bonchev–Trinajstić information content (AvgIpc) is 3.24. The second kappa shape index (κ2) is 5.61. The van der Waals surface area contributed by atoms with Gasteiger partial charge in [0.05, 0.1) is 4.88 Å². The average molecular weight is 339 g/mol. The van der Waals surface area contributed by atoms with Crippen LogP contribution in [0.4, 0.5) is 0 Å². The van der Waals surface area contributed by atoms with Crippen molar-refractivity contribution >= 4 is 28.8 Å². The highest BCUT2D eigenvalue weighted by Gasteiger charge is 2.39. The van der Waals surface area contributed by atoms with Crippen molar-refractivity contribution in [2.75, 3.05) is 0 Å². The summed E-state index contributed by atoms with van der Waals surface area (Å²) in [5.41, 5.74) is 0. The van der Waals surface area contributed by atoms with Gasteiger partial charge >= 0.3 is 0 Å². The van der Waals surface area contributed by atoms with Crippen LogP contribution in [0.25, 0.3) is 0 Å². The number of halogens is 1. The normalized spacial score (nSPS) is 26.3. The molecule has 2 aliphatic heterocycles. The van der Waals surface area contributed by atoms with Crippen LogP contribution >= 0.6 is 22.9 Å². The number of rotatable bonds is 4. The maximum absolute atomic E-state index is 12.3. The van der Waals surface area contributed by atoms with Crippen molar-refractivity contribution in [1.82, 2.24) is 10.6 Å². The number of fused-ring (bicyclic) bond motifs is 2. The third-order valence-corrected chi connectivity index (χ3v) is 5.34. The smallest absolute Gasteiger partial charge is 0.292 e. The molecule has 4 heterocycles. The second-order valence-electron chi connectivity index (χ2n) is 5.64. The zero-order valence-corrected chi connectivity index (χ0v) is 13.2. The number of furan rings is 1.